The standard InChI is InChI=1S/C24H28N6O2/c1-13-8-14(2)10-16(9-13)11-28-22-21(15(3)17-4-6-19(25)27-12-17)29-20-7-5-18(23(26)31)30(20)24(22)32/h4,6,8-10,12,15,18,28H,5,7,11H2,1-3H3,(H2,25,27)(H2,26,31)/t15-,18?/m0/s1. The van der Waals surface area contributed by atoms with Gasteiger partial charge in [0.2, 0.25) is 5.91 Å². The Hall–Kier alpha value is -3.68. The first-order valence-corrected chi connectivity index (χ1v) is 10.7. The molecule has 1 aromatic carbocycles. The molecular formula is C24H28N6O2. The minimum absolute atomic E-state index is 0.198. The molecule has 0 saturated heterocycles. The fourth-order valence-corrected chi connectivity index (χ4v) is 4.43. The highest BCUT2D eigenvalue weighted by Gasteiger charge is 2.32. The number of nitrogens with zero attached hydrogens (tertiary/aromatic N) is 3. The zero-order valence-corrected chi connectivity index (χ0v) is 18.6. The Balaban J connectivity index is 1.79. The topological polar surface area (TPSA) is 129 Å². The van der Waals surface area contributed by atoms with E-state index in [0.29, 0.717) is 42.4 Å². The Labute approximate surface area is 186 Å². The fourth-order valence-electron chi connectivity index (χ4n) is 4.43. The van der Waals surface area contributed by atoms with Crippen molar-refractivity contribution in [2.45, 2.75) is 52.1 Å². The van der Waals surface area contributed by atoms with Gasteiger partial charge in [0.05, 0.1) is 5.69 Å². The number of pyridine rings is 1. The van der Waals surface area contributed by atoms with Crippen molar-refractivity contribution in [3.63, 3.8) is 0 Å². The third-order valence-corrected chi connectivity index (χ3v) is 5.97. The van der Waals surface area contributed by atoms with Crippen LogP contribution in [0, 0.1) is 13.8 Å². The molecule has 0 aliphatic carbocycles. The summed E-state index contributed by atoms with van der Waals surface area (Å²) in [6, 6.07) is 9.22. The highest BCUT2D eigenvalue weighted by atomic mass is 16.2. The summed E-state index contributed by atoms with van der Waals surface area (Å²) in [6.07, 6.45) is 2.71. The first-order valence-electron chi connectivity index (χ1n) is 10.7. The van der Waals surface area contributed by atoms with Crippen LogP contribution in [0.15, 0.2) is 41.3 Å². The number of primary amides is 1. The molecule has 5 N–H and O–H groups in total. The van der Waals surface area contributed by atoms with Crippen molar-refractivity contribution in [1.82, 2.24) is 14.5 Å². The van der Waals surface area contributed by atoms with Crippen molar-refractivity contribution in [2.75, 3.05) is 11.1 Å². The van der Waals surface area contributed by atoms with Gasteiger partial charge in [-0.05, 0) is 37.5 Å². The number of rotatable bonds is 6. The lowest BCUT2D eigenvalue weighted by Gasteiger charge is -2.20. The summed E-state index contributed by atoms with van der Waals surface area (Å²) < 4.78 is 1.45. The molecule has 1 aliphatic rings. The summed E-state index contributed by atoms with van der Waals surface area (Å²) in [4.78, 5) is 34.5. The van der Waals surface area contributed by atoms with Gasteiger partial charge in [-0.1, -0.05) is 42.3 Å². The normalized spacial score (nSPS) is 15.9. The van der Waals surface area contributed by atoms with Crippen LogP contribution >= 0.6 is 0 Å². The summed E-state index contributed by atoms with van der Waals surface area (Å²) in [5.74, 6) is 0.300. The van der Waals surface area contributed by atoms with Crippen LogP contribution in [0.1, 0.15) is 59.1 Å². The van der Waals surface area contributed by atoms with E-state index < -0.39 is 11.9 Å². The van der Waals surface area contributed by atoms with Gasteiger partial charge in [0, 0.05) is 25.1 Å². The van der Waals surface area contributed by atoms with Crippen LogP contribution in [0.2, 0.25) is 0 Å². The number of fused-ring (bicyclic) bond motifs is 1. The highest BCUT2D eigenvalue weighted by molar-refractivity contribution is 5.79. The van der Waals surface area contributed by atoms with Crippen LogP contribution in [0.5, 0.6) is 0 Å². The van der Waals surface area contributed by atoms with Crippen LogP contribution in [0.25, 0.3) is 0 Å². The second kappa shape index (κ2) is 8.45. The van der Waals surface area contributed by atoms with Crippen molar-refractivity contribution < 1.29 is 4.79 Å². The molecule has 2 aromatic heterocycles. The Morgan fingerprint density at radius 1 is 1.25 bits per heavy atom. The molecule has 0 saturated carbocycles. The van der Waals surface area contributed by atoms with E-state index in [0.717, 1.165) is 22.3 Å². The predicted molar refractivity (Wildman–Crippen MR) is 124 cm³/mol. The molecule has 4 rings (SSSR count). The molecule has 0 radical (unpaired) electrons. The molecule has 3 heterocycles. The number of nitrogens with one attached hydrogen (secondary N) is 1. The molecular weight excluding hydrogens is 404 g/mol. The molecule has 32 heavy (non-hydrogen) atoms. The number of carbonyl (C=O) groups is 1. The minimum atomic E-state index is -0.672. The van der Waals surface area contributed by atoms with Crippen molar-refractivity contribution in [2.24, 2.45) is 5.73 Å². The summed E-state index contributed by atoms with van der Waals surface area (Å²) in [6.45, 7) is 6.52. The lowest BCUT2D eigenvalue weighted by molar-refractivity contribution is -0.121. The number of hydrogen-bond acceptors (Lipinski definition) is 6. The summed E-state index contributed by atoms with van der Waals surface area (Å²) in [5.41, 5.74) is 16.3. The Morgan fingerprint density at radius 3 is 2.59 bits per heavy atom. The average molecular weight is 433 g/mol. The van der Waals surface area contributed by atoms with E-state index in [1.165, 1.54) is 4.57 Å². The molecule has 0 fully saturated rings. The zero-order valence-electron chi connectivity index (χ0n) is 18.6. The first kappa shape index (κ1) is 21.5. The summed E-state index contributed by atoms with van der Waals surface area (Å²) >= 11 is 0. The van der Waals surface area contributed by atoms with E-state index in [1.54, 1.807) is 12.3 Å². The number of hydrogen-bond donors (Lipinski definition) is 3. The molecule has 0 spiro atoms. The van der Waals surface area contributed by atoms with E-state index in [9.17, 15) is 9.59 Å². The molecule has 0 bridgehead atoms. The average Bonchev–Trinajstić information content (AvgIpc) is 3.17. The smallest absolute Gasteiger partial charge is 0.277 e. The maximum atomic E-state index is 13.6. The fraction of sp³-hybridized carbons (Fsp3) is 0.333. The van der Waals surface area contributed by atoms with Gasteiger partial charge in [0.1, 0.15) is 23.4 Å². The molecule has 1 amide bonds. The molecule has 3 aromatic rings. The quantitative estimate of drug-likeness (QED) is 0.549. The van der Waals surface area contributed by atoms with Crippen LogP contribution in [0.3, 0.4) is 0 Å². The molecule has 2 atom stereocenters. The first-order chi connectivity index (χ1) is 15.2. The number of aryl methyl sites for hydroxylation is 3. The molecule has 1 unspecified atom stereocenters. The van der Waals surface area contributed by atoms with Gasteiger partial charge in [-0.2, -0.15) is 0 Å². The lowest BCUT2D eigenvalue weighted by Crippen LogP contribution is -2.34. The predicted octanol–water partition coefficient (Wildman–Crippen LogP) is 2.57. The highest BCUT2D eigenvalue weighted by Crippen LogP contribution is 2.31. The van der Waals surface area contributed by atoms with Gasteiger partial charge in [-0.25, -0.2) is 9.97 Å². The molecule has 8 nitrogen and oxygen atoms in total. The lowest BCUT2D eigenvalue weighted by atomic mass is 9.97. The zero-order chi connectivity index (χ0) is 23.0. The van der Waals surface area contributed by atoms with Gasteiger partial charge in [0.15, 0.2) is 0 Å². The third kappa shape index (κ3) is 4.08. The number of amides is 1. The van der Waals surface area contributed by atoms with Gasteiger partial charge in [-0.15, -0.1) is 0 Å². The molecule has 166 valence electrons. The van der Waals surface area contributed by atoms with E-state index >= 15 is 0 Å². The van der Waals surface area contributed by atoms with E-state index in [-0.39, 0.29) is 11.5 Å². The van der Waals surface area contributed by atoms with Gasteiger partial charge in [0.25, 0.3) is 5.56 Å². The summed E-state index contributed by atoms with van der Waals surface area (Å²) in [7, 11) is 0. The third-order valence-electron chi connectivity index (χ3n) is 5.97. The van der Waals surface area contributed by atoms with Crippen molar-refractivity contribution in [1.29, 1.82) is 0 Å². The van der Waals surface area contributed by atoms with Crippen molar-refractivity contribution >= 4 is 17.4 Å². The van der Waals surface area contributed by atoms with E-state index in [1.807, 2.05) is 26.8 Å². The Bertz CT molecular complexity index is 1210. The summed E-state index contributed by atoms with van der Waals surface area (Å²) in [5, 5.41) is 3.31. The number of nitrogens with two attached hydrogens (primary N) is 2. The number of nitrogen functional groups attached to an aromatic ring is 1. The monoisotopic (exact) mass is 432 g/mol. The van der Waals surface area contributed by atoms with Gasteiger partial charge >= 0.3 is 0 Å². The van der Waals surface area contributed by atoms with Crippen molar-refractivity contribution in [3.8, 4) is 0 Å². The van der Waals surface area contributed by atoms with Crippen LogP contribution in [-0.4, -0.2) is 20.4 Å². The number of anilines is 2. The van der Waals surface area contributed by atoms with Crippen molar-refractivity contribution in [3.05, 3.63) is 80.7 Å². The van der Waals surface area contributed by atoms with E-state index in [4.69, 9.17) is 16.5 Å². The maximum Gasteiger partial charge on any atom is 0.277 e. The second-order valence-corrected chi connectivity index (χ2v) is 8.51. The van der Waals surface area contributed by atoms with Crippen LogP contribution in [-0.2, 0) is 17.8 Å². The Morgan fingerprint density at radius 2 is 1.97 bits per heavy atom. The molecule has 8 heteroatoms. The van der Waals surface area contributed by atoms with Crippen LogP contribution in [0.4, 0.5) is 11.5 Å². The number of aromatic nitrogens is 3. The largest absolute Gasteiger partial charge is 0.384 e. The number of benzene rings is 1. The molecule has 1 aliphatic heterocycles. The Kier molecular flexibility index (Phi) is 5.69. The SMILES string of the molecule is Cc1cc(C)cc(CNc2c([C@@H](C)c3ccc(N)nc3)nc3n(c2=O)C(C(N)=O)CC3)c1. The second-order valence-electron chi connectivity index (χ2n) is 8.51. The van der Waals surface area contributed by atoms with Gasteiger partial charge in [-0.3, -0.25) is 14.2 Å². The minimum Gasteiger partial charge on any atom is -0.384 e. The van der Waals surface area contributed by atoms with E-state index in [2.05, 4.69) is 28.5 Å². The van der Waals surface area contributed by atoms with Gasteiger partial charge < -0.3 is 16.8 Å². The number of carbonyl (C=O) groups excluding carboxylic acids is 1. The van der Waals surface area contributed by atoms with Crippen LogP contribution < -0.4 is 22.3 Å². The maximum absolute atomic E-state index is 13.6.